The maximum atomic E-state index is 12.9. The van der Waals surface area contributed by atoms with Gasteiger partial charge in [-0.15, -0.1) is 0 Å². The first-order valence-electron chi connectivity index (χ1n) is 14.4. The maximum Gasteiger partial charge on any atom is 0.223 e. The molecule has 0 radical (unpaired) electrons. The molecule has 2 aliphatic heterocycles. The summed E-state index contributed by atoms with van der Waals surface area (Å²) in [7, 11) is -3.23. The van der Waals surface area contributed by atoms with Gasteiger partial charge < -0.3 is 15.1 Å². The molecular formula is C31H41N3O4S. The second kappa shape index (κ2) is 11.8. The maximum absolute atomic E-state index is 12.9. The third kappa shape index (κ3) is 6.90. The molecular weight excluding hydrogens is 510 g/mol. The Hall–Kier alpha value is -2.71. The molecule has 0 bridgehead atoms. The number of nitrogens with one attached hydrogen (secondary N) is 1. The molecule has 3 fully saturated rings. The first kappa shape index (κ1) is 27.8. The van der Waals surface area contributed by atoms with Crippen LogP contribution in [0.4, 0.5) is 0 Å². The van der Waals surface area contributed by atoms with Crippen molar-refractivity contribution in [1.82, 2.24) is 15.1 Å². The molecule has 39 heavy (non-hydrogen) atoms. The highest BCUT2D eigenvalue weighted by Crippen LogP contribution is 2.41. The van der Waals surface area contributed by atoms with Crippen molar-refractivity contribution in [3.05, 3.63) is 65.7 Å². The summed E-state index contributed by atoms with van der Waals surface area (Å²) < 4.78 is 23.5. The largest absolute Gasteiger partial charge is 0.349 e. The van der Waals surface area contributed by atoms with Crippen molar-refractivity contribution in [3.8, 4) is 0 Å². The molecule has 210 valence electrons. The van der Waals surface area contributed by atoms with Gasteiger partial charge in [0.2, 0.25) is 11.8 Å². The number of hydrogen-bond acceptors (Lipinski definition) is 5. The number of hydrogen-bond donors (Lipinski definition) is 1. The summed E-state index contributed by atoms with van der Waals surface area (Å²) in [5, 5.41) is 3.36. The zero-order valence-electron chi connectivity index (χ0n) is 23.0. The van der Waals surface area contributed by atoms with E-state index in [9.17, 15) is 18.0 Å². The Kier molecular flexibility index (Phi) is 8.43. The predicted octanol–water partition coefficient (Wildman–Crippen LogP) is 4.34. The van der Waals surface area contributed by atoms with Gasteiger partial charge in [0.25, 0.3) is 0 Å². The second-order valence-corrected chi connectivity index (χ2v) is 13.9. The summed E-state index contributed by atoms with van der Waals surface area (Å²) in [6.45, 7) is 4.13. The fraction of sp³-hybridized carbons (Fsp3) is 0.548. The number of carbonyl (C=O) groups is 2. The molecule has 1 atom stereocenters. The van der Waals surface area contributed by atoms with E-state index in [0.29, 0.717) is 17.9 Å². The number of amides is 2. The van der Waals surface area contributed by atoms with Gasteiger partial charge in [0.15, 0.2) is 9.84 Å². The van der Waals surface area contributed by atoms with Crippen LogP contribution in [0.3, 0.4) is 0 Å². The molecule has 1 spiro atoms. The van der Waals surface area contributed by atoms with Gasteiger partial charge in [-0.3, -0.25) is 9.59 Å². The predicted molar refractivity (Wildman–Crippen MR) is 152 cm³/mol. The van der Waals surface area contributed by atoms with Gasteiger partial charge in [0, 0.05) is 38.2 Å². The third-order valence-corrected chi connectivity index (χ3v) is 10.2. The zero-order chi connectivity index (χ0) is 27.5. The van der Waals surface area contributed by atoms with E-state index in [1.54, 1.807) is 12.1 Å². The van der Waals surface area contributed by atoms with Crippen molar-refractivity contribution in [3.63, 3.8) is 0 Å². The first-order valence-corrected chi connectivity index (χ1v) is 16.2. The molecule has 2 heterocycles. The van der Waals surface area contributed by atoms with Crippen LogP contribution in [0.15, 0.2) is 59.5 Å². The van der Waals surface area contributed by atoms with E-state index in [4.69, 9.17) is 0 Å². The lowest BCUT2D eigenvalue weighted by Gasteiger charge is -2.39. The van der Waals surface area contributed by atoms with Crippen LogP contribution < -0.4 is 5.32 Å². The zero-order valence-corrected chi connectivity index (χ0v) is 23.8. The summed E-state index contributed by atoms with van der Waals surface area (Å²) in [6, 6.07) is 17.2. The average molecular weight is 552 g/mol. The minimum atomic E-state index is -3.23. The van der Waals surface area contributed by atoms with E-state index in [1.807, 2.05) is 35.2 Å². The molecule has 3 aliphatic rings. The van der Waals surface area contributed by atoms with Gasteiger partial charge in [-0.1, -0.05) is 55.3 Å². The van der Waals surface area contributed by atoms with Crippen LogP contribution in [-0.2, 0) is 26.0 Å². The molecule has 2 aromatic carbocycles. The minimum Gasteiger partial charge on any atom is -0.349 e. The monoisotopic (exact) mass is 551 g/mol. The number of sulfone groups is 1. The molecule has 0 unspecified atom stereocenters. The smallest absolute Gasteiger partial charge is 0.223 e. The van der Waals surface area contributed by atoms with Crippen LogP contribution in [0, 0.1) is 11.3 Å². The average Bonchev–Trinajstić information content (AvgIpc) is 3.57. The van der Waals surface area contributed by atoms with Gasteiger partial charge in [-0.2, -0.15) is 0 Å². The van der Waals surface area contributed by atoms with E-state index in [0.717, 1.165) is 76.7 Å². The normalized spacial score (nSPS) is 20.9. The van der Waals surface area contributed by atoms with Crippen molar-refractivity contribution in [2.45, 2.75) is 68.8 Å². The summed E-state index contributed by atoms with van der Waals surface area (Å²) in [5.74, 6) is 0.551. The van der Waals surface area contributed by atoms with Crippen LogP contribution in [-0.4, -0.2) is 62.5 Å². The molecule has 7 nitrogen and oxygen atoms in total. The Morgan fingerprint density at radius 1 is 1.03 bits per heavy atom. The van der Waals surface area contributed by atoms with Gasteiger partial charge >= 0.3 is 0 Å². The summed E-state index contributed by atoms with van der Waals surface area (Å²) in [5.41, 5.74) is 2.14. The quantitative estimate of drug-likeness (QED) is 0.501. The number of piperidine rings is 1. The van der Waals surface area contributed by atoms with E-state index in [-0.39, 0.29) is 29.2 Å². The highest BCUT2D eigenvalue weighted by molar-refractivity contribution is 7.90. The molecule has 8 heteroatoms. The van der Waals surface area contributed by atoms with Gasteiger partial charge in [0.1, 0.15) is 0 Å². The number of likely N-dealkylation sites (tertiary alicyclic amines) is 2. The first-order chi connectivity index (χ1) is 18.7. The van der Waals surface area contributed by atoms with E-state index in [2.05, 4.69) is 22.3 Å². The molecule has 1 N–H and O–H groups in total. The summed E-state index contributed by atoms with van der Waals surface area (Å²) in [6.07, 6.45) is 8.97. The SMILES string of the molecule is CS(=O)(=O)c1ccc(CN2CC3(CCN(CC[C@H](NC(=O)C4CCCC4)c4ccccc4)CC3)CC2=O)cc1. The molecule has 2 amide bonds. The third-order valence-electron chi connectivity index (χ3n) is 9.03. The van der Waals surface area contributed by atoms with Crippen LogP contribution in [0.2, 0.25) is 0 Å². The van der Waals surface area contributed by atoms with Gasteiger partial charge in [0.05, 0.1) is 10.9 Å². The fourth-order valence-electron chi connectivity index (χ4n) is 6.57. The van der Waals surface area contributed by atoms with Crippen molar-refractivity contribution in [1.29, 1.82) is 0 Å². The Morgan fingerprint density at radius 2 is 1.69 bits per heavy atom. The molecule has 0 aromatic heterocycles. The Balaban J connectivity index is 1.13. The molecule has 1 aliphatic carbocycles. The Morgan fingerprint density at radius 3 is 2.33 bits per heavy atom. The lowest BCUT2D eigenvalue weighted by molar-refractivity contribution is -0.128. The summed E-state index contributed by atoms with van der Waals surface area (Å²) in [4.78, 5) is 30.6. The van der Waals surface area contributed by atoms with Crippen molar-refractivity contribution < 1.29 is 18.0 Å². The standard InChI is InChI=1S/C31H41N3O4S/c1-39(37,38)27-13-11-24(12-14-27)22-34-23-31(21-29(34)35)16-19-33(20-17-31)18-15-28(25-7-3-2-4-8-25)32-30(36)26-9-5-6-10-26/h2-4,7-8,11-14,26,28H,5-6,9-10,15-23H2,1H3,(H,32,36)/t28-/m0/s1. The van der Waals surface area contributed by atoms with Crippen molar-refractivity contribution in [2.24, 2.45) is 11.3 Å². The van der Waals surface area contributed by atoms with Crippen LogP contribution in [0.5, 0.6) is 0 Å². The van der Waals surface area contributed by atoms with Crippen LogP contribution in [0.25, 0.3) is 0 Å². The van der Waals surface area contributed by atoms with Gasteiger partial charge in [-0.25, -0.2) is 8.42 Å². The number of nitrogens with zero attached hydrogens (tertiary/aromatic N) is 2. The highest BCUT2D eigenvalue weighted by atomic mass is 32.2. The molecule has 1 saturated carbocycles. The Labute approximate surface area is 232 Å². The Bertz CT molecular complexity index is 1250. The van der Waals surface area contributed by atoms with E-state index < -0.39 is 9.84 Å². The number of rotatable bonds is 9. The summed E-state index contributed by atoms with van der Waals surface area (Å²) >= 11 is 0. The number of benzene rings is 2. The van der Waals surface area contributed by atoms with E-state index >= 15 is 0 Å². The van der Waals surface area contributed by atoms with E-state index in [1.165, 1.54) is 11.8 Å². The molecule has 2 saturated heterocycles. The second-order valence-electron chi connectivity index (χ2n) is 11.9. The number of carbonyl (C=O) groups excluding carboxylic acids is 2. The van der Waals surface area contributed by atoms with Gasteiger partial charge in [-0.05, 0) is 73.9 Å². The molecule has 2 aromatic rings. The fourth-order valence-corrected chi connectivity index (χ4v) is 7.20. The van der Waals surface area contributed by atoms with Crippen LogP contribution >= 0.6 is 0 Å². The minimum absolute atomic E-state index is 0.0211. The van der Waals surface area contributed by atoms with Crippen molar-refractivity contribution in [2.75, 3.05) is 32.4 Å². The topological polar surface area (TPSA) is 86.8 Å². The lowest BCUT2D eigenvalue weighted by atomic mass is 9.77. The molecule has 5 rings (SSSR count). The lowest BCUT2D eigenvalue weighted by Crippen LogP contribution is -2.43. The van der Waals surface area contributed by atoms with Crippen LogP contribution in [0.1, 0.15) is 68.5 Å². The van der Waals surface area contributed by atoms with Crippen molar-refractivity contribution >= 4 is 21.7 Å². The highest BCUT2D eigenvalue weighted by Gasteiger charge is 2.44.